The molecule has 5 atom stereocenters. The lowest BCUT2D eigenvalue weighted by Gasteiger charge is -2.28. The molecule has 2 amide bonds. The van der Waals surface area contributed by atoms with Gasteiger partial charge in [0.1, 0.15) is 12.1 Å². The number of nitrogens with zero attached hydrogens (tertiary/aromatic N) is 1. The summed E-state index contributed by atoms with van der Waals surface area (Å²) in [5, 5.41) is 22.0. The second kappa shape index (κ2) is 9.38. The maximum Gasteiger partial charge on any atom is 0.327 e. The van der Waals surface area contributed by atoms with E-state index in [9.17, 15) is 29.4 Å². The summed E-state index contributed by atoms with van der Waals surface area (Å²) in [7, 11) is 0. The van der Waals surface area contributed by atoms with E-state index >= 15 is 0 Å². The number of hydrogen-bond donors (Lipinski definition) is 3. The van der Waals surface area contributed by atoms with E-state index in [1.807, 2.05) is 30.3 Å². The largest absolute Gasteiger partial charge is 0.480 e. The van der Waals surface area contributed by atoms with Crippen molar-refractivity contribution in [2.45, 2.75) is 63.6 Å². The Morgan fingerprint density at radius 2 is 1.80 bits per heavy atom. The SMILES string of the molecule is CC(NC(CCc1ccccc1)C(=O)O)C(=O)N1C(=O)C2CCCCC2C1C(=O)O. The molecule has 1 saturated carbocycles. The number of carboxylic acids is 2. The van der Waals surface area contributed by atoms with E-state index in [1.54, 1.807) is 0 Å². The van der Waals surface area contributed by atoms with Crippen molar-refractivity contribution in [1.29, 1.82) is 0 Å². The lowest BCUT2D eigenvalue weighted by Crippen LogP contribution is -2.55. The van der Waals surface area contributed by atoms with E-state index in [0.29, 0.717) is 19.3 Å². The van der Waals surface area contributed by atoms with Crippen LogP contribution < -0.4 is 5.32 Å². The van der Waals surface area contributed by atoms with Crippen LogP contribution in [0.1, 0.15) is 44.6 Å². The summed E-state index contributed by atoms with van der Waals surface area (Å²) < 4.78 is 0. The molecule has 162 valence electrons. The minimum Gasteiger partial charge on any atom is -0.480 e. The van der Waals surface area contributed by atoms with Crippen molar-refractivity contribution < 1.29 is 29.4 Å². The molecule has 0 bridgehead atoms. The van der Waals surface area contributed by atoms with Crippen molar-refractivity contribution in [1.82, 2.24) is 10.2 Å². The van der Waals surface area contributed by atoms with Crippen molar-refractivity contribution in [3.63, 3.8) is 0 Å². The van der Waals surface area contributed by atoms with Gasteiger partial charge < -0.3 is 10.2 Å². The topological polar surface area (TPSA) is 124 Å². The molecule has 1 aliphatic heterocycles. The highest BCUT2D eigenvalue weighted by Gasteiger charge is 2.54. The zero-order valence-electron chi connectivity index (χ0n) is 17.0. The molecule has 5 unspecified atom stereocenters. The number of carbonyl (C=O) groups is 4. The Hall–Kier alpha value is -2.74. The molecule has 1 aliphatic carbocycles. The van der Waals surface area contributed by atoms with Gasteiger partial charge in [0.2, 0.25) is 11.8 Å². The van der Waals surface area contributed by atoms with Gasteiger partial charge in [-0.15, -0.1) is 0 Å². The zero-order chi connectivity index (χ0) is 21.8. The highest BCUT2D eigenvalue weighted by molar-refractivity contribution is 6.04. The van der Waals surface area contributed by atoms with Gasteiger partial charge in [0.05, 0.1) is 6.04 Å². The Bertz CT molecular complexity index is 811. The van der Waals surface area contributed by atoms with Gasteiger partial charge in [0.25, 0.3) is 0 Å². The quantitative estimate of drug-likeness (QED) is 0.589. The fraction of sp³-hybridized carbons (Fsp3) is 0.545. The molecule has 8 nitrogen and oxygen atoms in total. The minimum atomic E-state index is -1.18. The average Bonchev–Trinajstić information content (AvgIpc) is 3.03. The molecule has 1 heterocycles. The van der Waals surface area contributed by atoms with Crippen LogP contribution in [-0.2, 0) is 25.6 Å². The predicted molar refractivity (Wildman–Crippen MR) is 108 cm³/mol. The van der Waals surface area contributed by atoms with Gasteiger partial charge in [-0.3, -0.25) is 24.6 Å². The van der Waals surface area contributed by atoms with Gasteiger partial charge in [-0.05, 0) is 38.2 Å². The predicted octanol–water partition coefficient (Wildman–Crippen LogP) is 1.68. The van der Waals surface area contributed by atoms with Crippen LogP contribution in [0.15, 0.2) is 30.3 Å². The third-order valence-electron chi connectivity index (χ3n) is 6.23. The van der Waals surface area contributed by atoms with E-state index in [2.05, 4.69) is 5.32 Å². The number of aryl methyl sites for hydroxylation is 1. The minimum absolute atomic E-state index is 0.262. The Morgan fingerprint density at radius 1 is 1.13 bits per heavy atom. The van der Waals surface area contributed by atoms with Gasteiger partial charge in [0, 0.05) is 11.8 Å². The number of rotatable bonds is 8. The molecule has 2 aliphatic rings. The third-order valence-corrected chi connectivity index (χ3v) is 6.23. The molecule has 0 spiro atoms. The van der Waals surface area contributed by atoms with Crippen molar-refractivity contribution >= 4 is 23.8 Å². The van der Waals surface area contributed by atoms with E-state index in [1.165, 1.54) is 6.92 Å². The lowest BCUT2D eigenvalue weighted by molar-refractivity contribution is -0.156. The molecule has 2 fully saturated rings. The first-order chi connectivity index (χ1) is 14.3. The highest BCUT2D eigenvalue weighted by atomic mass is 16.4. The number of hydrogen-bond acceptors (Lipinski definition) is 5. The second-order valence-corrected chi connectivity index (χ2v) is 8.19. The number of benzene rings is 1. The van der Waals surface area contributed by atoms with Gasteiger partial charge in [-0.2, -0.15) is 0 Å². The Kier molecular flexibility index (Phi) is 6.87. The molecule has 8 heteroatoms. The molecule has 1 aromatic rings. The molecule has 30 heavy (non-hydrogen) atoms. The number of fused-ring (bicyclic) bond motifs is 1. The van der Waals surface area contributed by atoms with Crippen LogP contribution in [0.5, 0.6) is 0 Å². The summed E-state index contributed by atoms with van der Waals surface area (Å²) in [4.78, 5) is 50.3. The number of imide groups is 1. The van der Waals surface area contributed by atoms with E-state index in [4.69, 9.17) is 0 Å². The van der Waals surface area contributed by atoms with E-state index in [-0.39, 0.29) is 12.3 Å². The van der Waals surface area contributed by atoms with Crippen LogP contribution in [0.4, 0.5) is 0 Å². The van der Waals surface area contributed by atoms with Crippen molar-refractivity contribution in [3.8, 4) is 0 Å². The van der Waals surface area contributed by atoms with Crippen LogP contribution in [-0.4, -0.2) is 57.0 Å². The third kappa shape index (κ3) is 4.53. The average molecular weight is 416 g/mol. The number of carbonyl (C=O) groups excluding carboxylic acids is 2. The van der Waals surface area contributed by atoms with Crippen LogP contribution in [0.3, 0.4) is 0 Å². The maximum atomic E-state index is 13.0. The highest BCUT2D eigenvalue weighted by Crippen LogP contribution is 2.41. The standard InChI is InChI=1S/C22H28N2O6/c1-13(23-17(21(27)28)12-11-14-7-3-2-4-8-14)19(25)24-18(22(29)30)15-9-5-6-10-16(15)20(24)26/h2-4,7-8,13,15-18,23H,5-6,9-12H2,1H3,(H,27,28)(H,29,30). The second-order valence-electron chi connectivity index (χ2n) is 8.19. The fourth-order valence-electron chi connectivity index (χ4n) is 4.71. The summed E-state index contributed by atoms with van der Waals surface area (Å²) >= 11 is 0. The number of carboxylic acid groups (broad SMARTS) is 2. The van der Waals surface area contributed by atoms with Gasteiger partial charge in [-0.25, -0.2) is 4.79 Å². The van der Waals surface area contributed by atoms with E-state index in [0.717, 1.165) is 23.3 Å². The normalized spacial score (nSPS) is 25.4. The molecule has 1 saturated heterocycles. The first kappa shape index (κ1) is 22.0. The number of amides is 2. The number of likely N-dealkylation sites (tertiary alicyclic amines) is 1. The number of aliphatic carboxylic acids is 2. The van der Waals surface area contributed by atoms with E-state index < -0.39 is 47.8 Å². The first-order valence-corrected chi connectivity index (χ1v) is 10.4. The summed E-state index contributed by atoms with van der Waals surface area (Å²) in [6.07, 6.45) is 3.65. The molecule has 0 radical (unpaired) electrons. The van der Waals surface area contributed by atoms with Gasteiger partial charge in [-0.1, -0.05) is 43.2 Å². The summed E-state index contributed by atoms with van der Waals surface area (Å²) in [6.45, 7) is 1.48. The molecule has 0 aromatic heterocycles. The fourth-order valence-corrected chi connectivity index (χ4v) is 4.71. The summed E-state index contributed by atoms with van der Waals surface area (Å²) in [5.41, 5.74) is 0.981. The van der Waals surface area contributed by atoms with Crippen molar-refractivity contribution in [2.75, 3.05) is 0 Å². The molecular formula is C22H28N2O6. The maximum absolute atomic E-state index is 13.0. The first-order valence-electron chi connectivity index (χ1n) is 10.4. The van der Waals surface area contributed by atoms with Crippen LogP contribution in [0.2, 0.25) is 0 Å². The smallest absolute Gasteiger partial charge is 0.327 e. The van der Waals surface area contributed by atoms with Gasteiger partial charge >= 0.3 is 11.9 Å². The summed E-state index contributed by atoms with van der Waals surface area (Å²) in [5.74, 6) is -4.20. The lowest BCUT2D eigenvalue weighted by atomic mass is 9.78. The van der Waals surface area contributed by atoms with Crippen molar-refractivity contribution in [2.24, 2.45) is 11.8 Å². The van der Waals surface area contributed by atoms with Gasteiger partial charge in [0.15, 0.2) is 0 Å². The molecule has 3 N–H and O–H groups in total. The summed E-state index contributed by atoms with van der Waals surface area (Å²) in [6, 6.07) is 6.25. The van der Waals surface area contributed by atoms with Crippen molar-refractivity contribution in [3.05, 3.63) is 35.9 Å². The number of nitrogens with one attached hydrogen (secondary N) is 1. The van der Waals surface area contributed by atoms with Crippen LogP contribution >= 0.6 is 0 Å². The Morgan fingerprint density at radius 3 is 2.43 bits per heavy atom. The molecular weight excluding hydrogens is 388 g/mol. The molecule has 3 rings (SSSR count). The van der Waals surface area contributed by atoms with Crippen LogP contribution in [0.25, 0.3) is 0 Å². The Balaban J connectivity index is 1.70. The zero-order valence-corrected chi connectivity index (χ0v) is 17.0. The van der Waals surface area contributed by atoms with Crippen LogP contribution in [0, 0.1) is 11.8 Å². The Labute approximate surface area is 175 Å². The molecule has 1 aromatic carbocycles. The monoisotopic (exact) mass is 416 g/mol.